The lowest BCUT2D eigenvalue weighted by Crippen LogP contribution is -2.46. The second-order valence-electron chi connectivity index (χ2n) is 4.75. The Morgan fingerprint density at radius 2 is 2.07 bits per heavy atom. The summed E-state index contributed by atoms with van der Waals surface area (Å²) in [6.07, 6.45) is 5.26. The van der Waals surface area contributed by atoms with Crippen LogP contribution in [-0.4, -0.2) is 29.2 Å². The quantitative estimate of drug-likeness (QED) is 0.639. The van der Waals surface area contributed by atoms with Crippen LogP contribution in [0.25, 0.3) is 0 Å². The molecule has 4 N–H and O–H groups in total. The topological polar surface area (TPSA) is 75.3 Å². The molecule has 0 heterocycles. The van der Waals surface area contributed by atoms with Crippen molar-refractivity contribution < 1.29 is 9.90 Å². The molecular weight excluding hydrogens is 192 g/mol. The van der Waals surface area contributed by atoms with Crippen molar-refractivity contribution in [3.63, 3.8) is 0 Å². The largest absolute Gasteiger partial charge is 0.392 e. The Balaban J connectivity index is 2.29. The predicted octanol–water partition coefficient (Wildman–Crippen LogP) is 0.535. The van der Waals surface area contributed by atoms with Crippen LogP contribution in [0.4, 0.5) is 0 Å². The van der Waals surface area contributed by atoms with E-state index in [0.717, 1.165) is 25.7 Å². The molecule has 0 aliphatic heterocycles. The Morgan fingerprint density at radius 3 is 2.60 bits per heavy atom. The molecule has 1 amide bonds. The van der Waals surface area contributed by atoms with Crippen molar-refractivity contribution in [2.75, 3.05) is 6.54 Å². The van der Waals surface area contributed by atoms with Crippen molar-refractivity contribution in [1.29, 1.82) is 0 Å². The van der Waals surface area contributed by atoms with Gasteiger partial charge in [0.25, 0.3) is 0 Å². The van der Waals surface area contributed by atoms with E-state index >= 15 is 0 Å². The summed E-state index contributed by atoms with van der Waals surface area (Å²) < 4.78 is 0. The average Bonchev–Trinajstić information content (AvgIpc) is 2.15. The number of rotatable bonds is 4. The van der Waals surface area contributed by atoms with Gasteiger partial charge in [0.05, 0.1) is 6.10 Å². The van der Waals surface area contributed by atoms with Gasteiger partial charge in [0, 0.05) is 18.5 Å². The normalized spacial score (nSPS) is 22.1. The van der Waals surface area contributed by atoms with Crippen molar-refractivity contribution in [3.05, 3.63) is 0 Å². The zero-order valence-corrected chi connectivity index (χ0v) is 9.46. The van der Waals surface area contributed by atoms with Gasteiger partial charge in [-0.25, -0.2) is 0 Å². The number of carbonyl (C=O) groups is 1. The summed E-state index contributed by atoms with van der Waals surface area (Å²) in [5.74, 6) is -0.0414. The summed E-state index contributed by atoms with van der Waals surface area (Å²) in [6.45, 7) is 1.97. The van der Waals surface area contributed by atoms with Crippen LogP contribution in [-0.2, 0) is 4.79 Å². The molecule has 4 nitrogen and oxygen atoms in total. The van der Waals surface area contributed by atoms with Crippen LogP contribution in [0.15, 0.2) is 0 Å². The number of carbonyl (C=O) groups excluding carboxylic acids is 1. The number of amides is 1. The molecule has 88 valence electrons. The first kappa shape index (κ1) is 12.5. The third-order valence-corrected chi connectivity index (χ3v) is 2.96. The number of aliphatic hydroxyl groups excluding tert-OH is 1. The zero-order chi connectivity index (χ0) is 11.3. The summed E-state index contributed by atoms with van der Waals surface area (Å²) in [5, 5.41) is 11.7. The second kappa shape index (κ2) is 5.47. The highest BCUT2D eigenvalue weighted by Gasteiger charge is 2.29. The molecule has 0 radical (unpaired) electrons. The van der Waals surface area contributed by atoms with Crippen molar-refractivity contribution in [1.82, 2.24) is 5.32 Å². The summed E-state index contributed by atoms with van der Waals surface area (Å²) in [4.78, 5) is 11.5. The molecule has 0 aromatic carbocycles. The van der Waals surface area contributed by atoms with Gasteiger partial charge in [0.15, 0.2) is 0 Å². The molecule has 1 saturated carbocycles. The van der Waals surface area contributed by atoms with Gasteiger partial charge in [-0.2, -0.15) is 0 Å². The third-order valence-electron chi connectivity index (χ3n) is 2.96. The maximum atomic E-state index is 11.5. The van der Waals surface area contributed by atoms with Gasteiger partial charge in [-0.05, 0) is 19.8 Å². The van der Waals surface area contributed by atoms with Gasteiger partial charge in [-0.3, -0.25) is 4.79 Å². The van der Waals surface area contributed by atoms with Crippen LogP contribution < -0.4 is 11.1 Å². The van der Waals surface area contributed by atoms with Crippen LogP contribution in [0, 0.1) is 0 Å². The van der Waals surface area contributed by atoms with E-state index in [1.807, 2.05) is 0 Å². The fourth-order valence-electron chi connectivity index (χ4n) is 2.08. The van der Waals surface area contributed by atoms with Crippen LogP contribution in [0.2, 0.25) is 0 Å². The Bertz CT molecular complexity index is 211. The second-order valence-corrected chi connectivity index (χ2v) is 4.75. The minimum atomic E-state index is -0.492. The minimum Gasteiger partial charge on any atom is -0.392 e. The number of aliphatic hydroxyl groups is 1. The van der Waals surface area contributed by atoms with E-state index in [0.29, 0.717) is 13.0 Å². The molecule has 0 saturated heterocycles. The monoisotopic (exact) mass is 214 g/mol. The molecule has 1 atom stereocenters. The standard InChI is InChI=1S/C11H22N2O2/c1-9(14)8-13-10(15)7-11(12)5-3-2-4-6-11/h9,14H,2-8,12H2,1H3,(H,13,15). The van der Waals surface area contributed by atoms with Gasteiger partial charge in [0.2, 0.25) is 5.91 Å². The molecule has 1 aliphatic carbocycles. The third kappa shape index (κ3) is 4.62. The van der Waals surface area contributed by atoms with Crippen LogP contribution in [0.5, 0.6) is 0 Å². The molecule has 0 bridgehead atoms. The average molecular weight is 214 g/mol. The Labute approximate surface area is 91.2 Å². The van der Waals surface area contributed by atoms with Crippen molar-refractivity contribution in [2.24, 2.45) is 5.73 Å². The molecule has 1 aliphatic rings. The Kier molecular flexibility index (Phi) is 4.54. The van der Waals surface area contributed by atoms with E-state index in [9.17, 15) is 4.79 Å². The van der Waals surface area contributed by atoms with Gasteiger partial charge < -0.3 is 16.2 Å². The molecule has 0 spiro atoms. The summed E-state index contributed by atoms with van der Waals surface area (Å²) in [5.41, 5.74) is 5.84. The van der Waals surface area contributed by atoms with E-state index in [4.69, 9.17) is 10.8 Å². The first-order valence-electron chi connectivity index (χ1n) is 5.75. The lowest BCUT2D eigenvalue weighted by atomic mass is 9.80. The smallest absolute Gasteiger partial charge is 0.221 e. The maximum Gasteiger partial charge on any atom is 0.221 e. The van der Waals surface area contributed by atoms with E-state index in [-0.39, 0.29) is 11.4 Å². The lowest BCUT2D eigenvalue weighted by Gasteiger charge is -2.32. The highest BCUT2D eigenvalue weighted by atomic mass is 16.3. The molecular formula is C11H22N2O2. The van der Waals surface area contributed by atoms with Crippen molar-refractivity contribution in [3.8, 4) is 0 Å². The van der Waals surface area contributed by atoms with E-state index < -0.39 is 6.10 Å². The van der Waals surface area contributed by atoms with Gasteiger partial charge >= 0.3 is 0 Å². The number of nitrogens with two attached hydrogens (primary N) is 1. The molecule has 15 heavy (non-hydrogen) atoms. The SMILES string of the molecule is CC(O)CNC(=O)CC1(N)CCCCC1. The number of nitrogens with one attached hydrogen (secondary N) is 1. The summed E-state index contributed by atoms with van der Waals surface area (Å²) >= 11 is 0. The highest BCUT2D eigenvalue weighted by Crippen LogP contribution is 2.28. The first-order chi connectivity index (χ1) is 7.02. The van der Waals surface area contributed by atoms with Gasteiger partial charge in [0.1, 0.15) is 0 Å². The molecule has 4 heteroatoms. The first-order valence-corrected chi connectivity index (χ1v) is 5.75. The van der Waals surface area contributed by atoms with Crippen molar-refractivity contribution >= 4 is 5.91 Å². The van der Waals surface area contributed by atoms with Crippen LogP contribution in [0.1, 0.15) is 45.4 Å². The minimum absolute atomic E-state index is 0.0414. The number of hydrogen-bond donors (Lipinski definition) is 3. The molecule has 1 unspecified atom stereocenters. The zero-order valence-electron chi connectivity index (χ0n) is 9.46. The van der Waals surface area contributed by atoms with E-state index in [2.05, 4.69) is 5.32 Å². The summed E-state index contributed by atoms with van der Waals surface area (Å²) in [7, 11) is 0. The van der Waals surface area contributed by atoms with Gasteiger partial charge in [-0.1, -0.05) is 19.3 Å². The fraction of sp³-hybridized carbons (Fsp3) is 0.909. The van der Waals surface area contributed by atoms with Crippen LogP contribution >= 0.6 is 0 Å². The lowest BCUT2D eigenvalue weighted by molar-refractivity contribution is -0.123. The molecule has 1 fully saturated rings. The van der Waals surface area contributed by atoms with Crippen molar-refractivity contribution in [2.45, 2.75) is 57.1 Å². The molecule has 1 rings (SSSR count). The predicted molar refractivity (Wildman–Crippen MR) is 59.3 cm³/mol. The number of hydrogen-bond acceptors (Lipinski definition) is 3. The van der Waals surface area contributed by atoms with E-state index in [1.54, 1.807) is 6.92 Å². The molecule has 0 aromatic heterocycles. The summed E-state index contributed by atoms with van der Waals surface area (Å²) in [6, 6.07) is 0. The van der Waals surface area contributed by atoms with E-state index in [1.165, 1.54) is 6.42 Å². The Morgan fingerprint density at radius 1 is 1.47 bits per heavy atom. The fourth-order valence-corrected chi connectivity index (χ4v) is 2.08. The highest BCUT2D eigenvalue weighted by molar-refractivity contribution is 5.77. The van der Waals surface area contributed by atoms with Crippen LogP contribution in [0.3, 0.4) is 0 Å². The maximum absolute atomic E-state index is 11.5. The molecule has 0 aromatic rings. The Hall–Kier alpha value is -0.610. The van der Waals surface area contributed by atoms with Gasteiger partial charge in [-0.15, -0.1) is 0 Å².